The molecule has 1 amide bonds. The summed E-state index contributed by atoms with van der Waals surface area (Å²) >= 11 is 0. The van der Waals surface area contributed by atoms with Gasteiger partial charge in [0.15, 0.2) is 5.65 Å². The van der Waals surface area contributed by atoms with Gasteiger partial charge in [0, 0.05) is 37.2 Å². The van der Waals surface area contributed by atoms with Gasteiger partial charge in [0.2, 0.25) is 17.8 Å². The lowest BCUT2D eigenvalue weighted by Gasteiger charge is -2.32. The molecule has 0 bridgehead atoms. The molecule has 1 fully saturated rings. The van der Waals surface area contributed by atoms with Gasteiger partial charge in [0.1, 0.15) is 6.17 Å². The molecule has 35 heavy (non-hydrogen) atoms. The average molecular weight is 481 g/mol. The number of amides is 1. The van der Waals surface area contributed by atoms with Gasteiger partial charge in [-0.05, 0) is 43.1 Å². The molecule has 2 atom stereocenters. The van der Waals surface area contributed by atoms with Gasteiger partial charge in [-0.1, -0.05) is 38.1 Å². The zero-order valence-electron chi connectivity index (χ0n) is 20.4. The summed E-state index contributed by atoms with van der Waals surface area (Å²) in [5.74, 6) is 0.611. The molecule has 3 aromatic rings. The van der Waals surface area contributed by atoms with Crippen LogP contribution in [0.3, 0.4) is 0 Å². The first-order chi connectivity index (χ1) is 16.8. The lowest BCUT2D eigenvalue weighted by atomic mass is 9.95. The minimum absolute atomic E-state index is 0.0826. The van der Waals surface area contributed by atoms with Gasteiger partial charge in [-0.3, -0.25) is 4.79 Å². The number of rotatable bonds is 9. The second-order valence-corrected chi connectivity index (χ2v) is 9.36. The molecular weight excluding hydrogens is 447 g/mol. The quantitative estimate of drug-likeness (QED) is 0.403. The third-order valence-corrected chi connectivity index (χ3v) is 6.34. The van der Waals surface area contributed by atoms with Gasteiger partial charge in [0.25, 0.3) is 0 Å². The van der Waals surface area contributed by atoms with Gasteiger partial charge >= 0.3 is 0 Å². The highest BCUT2D eigenvalue weighted by Gasteiger charge is 2.27. The molecule has 0 saturated carbocycles. The maximum atomic E-state index is 14.5. The average Bonchev–Trinajstić information content (AvgIpc) is 3.25. The Morgan fingerprint density at radius 2 is 2.09 bits per heavy atom. The smallest absolute Gasteiger partial charge is 0.241 e. The van der Waals surface area contributed by atoms with Crippen molar-refractivity contribution in [2.24, 2.45) is 11.7 Å². The monoisotopic (exact) mass is 480 g/mol. The topological polar surface area (TPSA) is 113 Å². The van der Waals surface area contributed by atoms with E-state index in [1.165, 1.54) is 6.08 Å². The van der Waals surface area contributed by atoms with E-state index in [4.69, 9.17) is 10.7 Å². The van der Waals surface area contributed by atoms with Crippen molar-refractivity contribution in [3.05, 3.63) is 53.2 Å². The fourth-order valence-corrected chi connectivity index (χ4v) is 4.26. The predicted octanol–water partition coefficient (Wildman–Crippen LogP) is 3.06. The lowest BCUT2D eigenvalue weighted by molar-refractivity contribution is -0.113. The van der Waals surface area contributed by atoms with Crippen molar-refractivity contribution in [3.8, 4) is 0 Å². The minimum Gasteiger partial charge on any atom is -0.366 e. The highest BCUT2D eigenvalue weighted by Crippen LogP contribution is 2.24. The van der Waals surface area contributed by atoms with Gasteiger partial charge < -0.3 is 21.3 Å². The van der Waals surface area contributed by atoms with Crippen LogP contribution in [0.15, 0.2) is 36.5 Å². The molecule has 0 radical (unpaired) electrons. The molecule has 0 spiro atoms. The van der Waals surface area contributed by atoms with Crippen LogP contribution in [0.25, 0.3) is 11.7 Å². The number of nitrogens with two attached hydrogens (primary N) is 1. The van der Waals surface area contributed by atoms with Gasteiger partial charge in [-0.2, -0.15) is 19.6 Å². The first-order valence-electron chi connectivity index (χ1n) is 11.9. The van der Waals surface area contributed by atoms with Crippen molar-refractivity contribution in [2.75, 3.05) is 37.3 Å². The van der Waals surface area contributed by atoms with Crippen molar-refractivity contribution in [2.45, 2.75) is 38.9 Å². The van der Waals surface area contributed by atoms with Gasteiger partial charge in [-0.25, -0.2) is 4.39 Å². The molecule has 4 N–H and O–H groups in total. The normalized spacial score (nSPS) is 19.0. The number of anilines is 2. The highest BCUT2D eigenvalue weighted by atomic mass is 19.1. The molecule has 1 aromatic carbocycles. The molecule has 0 unspecified atom stereocenters. The SMILES string of the molecule is CC(C)c1cnn2c(NCc3ccccc3/C=C/C(N)=O)nc(NC[C@H]3CCN(C)C[C@@H]3F)nc12. The number of aromatic nitrogens is 4. The van der Waals surface area contributed by atoms with Crippen LogP contribution in [0, 0.1) is 5.92 Å². The number of fused-ring (bicyclic) bond motifs is 1. The summed E-state index contributed by atoms with van der Waals surface area (Å²) in [6.45, 7) is 6.42. The van der Waals surface area contributed by atoms with Crippen LogP contribution in [-0.2, 0) is 11.3 Å². The zero-order chi connectivity index (χ0) is 24.9. The molecular formula is C25H33FN8O. The van der Waals surface area contributed by atoms with Crippen LogP contribution >= 0.6 is 0 Å². The Bertz CT molecular complexity index is 1210. The predicted molar refractivity (Wildman–Crippen MR) is 136 cm³/mol. The van der Waals surface area contributed by atoms with E-state index in [1.54, 1.807) is 10.6 Å². The number of hydrogen-bond donors (Lipinski definition) is 3. The number of carbonyl (C=O) groups is 1. The van der Waals surface area contributed by atoms with E-state index in [-0.39, 0.29) is 11.8 Å². The Balaban J connectivity index is 1.58. The van der Waals surface area contributed by atoms with Crippen LogP contribution in [0.4, 0.5) is 16.3 Å². The van der Waals surface area contributed by atoms with Crippen LogP contribution in [0.1, 0.15) is 42.9 Å². The first-order valence-corrected chi connectivity index (χ1v) is 11.9. The van der Waals surface area contributed by atoms with Gasteiger partial charge in [-0.15, -0.1) is 0 Å². The van der Waals surface area contributed by atoms with Crippen molar-refractivity contribution in [1.29, 1.82) is 0 Å². The Morgan fingerprint density at radius 3 is 2.83 bits per heavy atom. The Hall–Kier alpha value is -3.53. The number of benzene rings is 1. The minimum atomic E-state index is -0.881. The van der Waals surface area contributed by atoms with Crippen LogP contribution in [-0.4, -0.2) is 63.2 Å². The number of hydrogen-bond acceptors (Lipinski definition) is 7. The van der Waals surface area contributed by atoms with Gasteiger partial charge in [0.05, 0.1) is 6.20 Å². The Kier molecular flexibility index (Phi) is 7.60. The van der Waals surface area contributed by atoms with E-state index in [0.29, 0.717) is 37.2 Å². The molecule has 10 heteroatoms. The van der Waals surface area contributed by atoms with E-state index in [1.807, 2.05) is 42.4 Å². The van der Waals surface area contributed by atoms with Crippen molar-refractivity contribution in [3.63, 3.8) is 0 Å². The number of piperidine rings is 1. The largest absolute Gasteiger partial charge is 0.366 e. The molecule has 4 rings (SSSR count). The standard InChI is InChI=1S/C25H33FN8O/c1-16(2)20-14-30-34-23(20)31-24(28-13-19-10-11-33(3)15-21(19)26)32-25(34)29-12-18-7-5-4-6-17(18)8-9-22(27)35/h4-9,14,16,19,21H,10-13,15H2,1-3H3,(H2,27,35)(H2,28,29,31,32)/b9-8+/t19-,21+/m1/s1. The maximum Gasteiger partial charge on any atom is 0.241 e. The summed E-state index contributed by atoms with van der Waals surface area (Å²) in [7, 11) is 1.94. The third-order valence-electron chi connectivity index (χ3n) is 6.34. The summed E-state index contributed by atoms with van der Waals surface area (Å²) < 4.78 is 16.2. The number of alkyl halides is 1. The van der Waals surface area contributed by atoms with E-state index in [9.17, 15) is 9.18 Å². The molecule has 1 aliphatic heterocycles. The van der Waals surface area contributed by atoms with Crippen LogP contribution < -0.4 is 16.4 Å². The molecule has 1 saturated heterocycles. The molecule has 0 aliphatic carbocycles. The second-order valence-electron chi connectivity index (χ2n) is 9.36. The third kappa shape index (κ3) is 5.94. The summed E-state index contributed by atoms with van der Waals surface area (Å²) in [5.41, 5.74) is 8.82. The highest BCUT2D eigenvalue weighted by molar-refractivity contribution is 5.90. The van der Waals surface area contributed by atoms with Crippen molar-refractivity contribution >= 4 is 29.5 Å². The summed E-state index contributed by atoms with van der Waals surface area (Å²) in [6, 6.07) is 7.72. The molecule has 2 aromatic heterocycles. The summed E-state index contributed by atoms with van der Waals surface area (Å²) in [6.07, 6.45) is 4.75. The fraction of sp³-hybridized carbons (Fsp3) is 0.440. The zero-order valence-corrected chi connectivity index (χ0v) is 20.4. The lowest BCUT2D eigenvalue weighted by Crippen LogP contribution is -2.42. The number of carbonyl (C=O) groups excluding carboxylic acids is 1. The second kappa shape index (κ2) is 10.8. The maximum absolute atomic E-state index is 14.5. The molecule has 3 heterocycles. The van der Waals surface area contributed by atoms with Crippen molar-refractivity contribution < 1.29 is 9.18 Å². The summed E-state index contributed by atoms with van der Waals surface area (Å²) in [4.78, 5) is 22.6. The van der Waals surface area contributed by atoms with E-state index in [2.05, 4.69) is 34.6 Å². The fourth-order valence-electron chi connectivity index (χ4n) is 4.26. The number of nitrogens with zero attached hydrogens (tertiary/aromatic N) is 5. The van der Waals surface area contributed by atoms with Crippen LogP contribution in [0.5, 0.6) is 0 Å². The number of likely N-dealkylation sites (tertiary alicyclic amines) is 1. The van der Waals surface area contributed by atoms with E-state index in [0.717, 1.165) is 29.7 Å². The molecule has 186 valence electrons. The first kappa shape index (κ1) is 24.6. The van der Waals surface area contributed by atoms with Crippen molar-refractivity contribution in [1.82, 2.24) is 24.5 Å². The Labute approximate surface area is 204 Å². The molecule has 1 aliphatic rings. The Morgan fingerprint density at radius 1 is 1.29 bits per heavy atom. The molecule has 9 nitrogen and oxygen atoms in total. The van der Waals surface area contributed by atoms with Crippen LogP contribution in [0.2, 0.25) is 0 Å². The van der Waals surface area contributed by atoms with E-state index >= 15 is 0 Å². The number of nitrogens with one attached hydrogen (secondary N) is 2. The summed E-state index contributed by atoms with van der Waals surface area (Å²) in [5, 5.41) is 11.1. The number of primary amides is 1. The van der Waals surface area contributed by atoms with E-state index < -0.39 is 12.1 Å². The number of halogens is 1.